The summed E-state index contributed by atoms with van der Waals surface area (Å²) in [5.41, 5.74) is 6.54. The van der Waals surface area contributed by atoms with Crippen LogP contribution in [0.4, 0.5) is 0 Å². The maximum atomic E-state index is 6.19. The number of hydrogen-bond donors (Lipinski definition) is 1. The van der Waals surface area contributed by atoms with Gasteiger partial charge in [-0.2, -0.15) is 0 Å². The molecule has 1 aliphatic rings. The van der Waals surface area contributed by atoms with Crippen LogP contribution in [-0.2, 0) is 0 Å². The van der Waals surface area contributed by atoms with Gasteiger partial charge in [0, 0.05) is 19.1 Å². The molecule has 0 saturated carbocycles. The van der Waals surface area contributed by atoms with E-state index in [0.29, 0.717) is 11.5 Å². The molecule has 1 atom stereocenters. The van der Waals surface area contributed by atoms with Crippen molar-refractivity contribution < 1.29 is 0 Å². The lowest BCUT2D eigenvalue weighted by Gasteiger charge is -2.26. The zero-order valence-electron chi connectivity index (χ0n) is 12.9. The van der Waals surface area contributed by atoms with Crippen molar-refractivity contribution in [2.45, 2.75) is 52.5 Å². The topological polar surface area (TPSA) is 32.5 Å². The monoisotopic (exact) mass is 255 g/mol. The Morgan fingerprint density at radius 2 is 1.78 bits per heavy atom. The number of likely N-dealkylation sites (tertiary alicyclic amines) is 1. The van der Waals surface area contributed by atoms with E-state index in [-0.39, 0.29) is 0 Å². The molecule has 108 valence electrons. The number of likely N-dealkylation sites (N-methyl/N-ethyl adjacent to an activating group) is 1. The highest BCUT2D eigenvalue weighted by Gasteiger charge is 2.16. The average molecular weight is 255 g/mol. The molecule has 3 heteroatoms. The van der Waals surface area contributed by atoms with Gasteiger partial charge in [-0.25, -0.2) is 0 Å². The van der Waals surface area contributed by atoms with E-state index in [1.54, 1.807) is 0 Å². The van der Waals surface area contributed by atoms with Crippen LogP contribution in [0.2, 0.25) is 0 Å². The fourth-order valence-electron chi connectivity index (χ4n) is 2.71. The van der Waals surface area contributed by atoms with Gasteiger partial charge in [-0.1, -0.05) is 20.8 Å². The van der Waals surface area contributed by atoms with Gasteiger partial charge in [0.15, 0.2) is 0 Å². The van der Waals surface area contributed by atoms with Crippen LogP contribution in [0.1, 0.15) is 46.5 Å². The predicted octanol–water partition coefficient (Wildman–Crippen LogP) is 2.17. The molecule has 18 heavy (non-hydrogen) atoms. The van der Waals surface area contributed by atoms with Gasteiger partial charge in [0.1, 0.15) is 0 Å². The van der Waals surface area contributed by atoms with Crippen LogP contribution in [0.3, 0.4) is 0 Å². The van der Waals surface area contributed by atoms with E-state index in [2.05, 4.69) is 37.6 Å². The van der Waals surface area contributed by atoms with Gasteiger partial charge in [-0.15, -0.1) is 0 Å². The number of hydrogen-bond acceptors (Lipinski definition) is 3. The summed E-state index contributed by atoms with van der Waals surface area (Å²) in [6.45, 7) is 12.9. The lowest BCUT2D eigenvalue weighted by Crippen LogP contribution is -2.35. The number of nitrogens with zero attached hydrogens (tertiary/aromatic N) is 2. The highest BCUT2D eigenvalue weighted by atomic mass is 15.2. The van der Waals surface area contributed by atoms with E-state index in [1.165, 1.54) is 39.0 Å². The van der Waals surface area contributed by atoms with Gasteiger partial charge in [0.2, 0.25) is 0 Å². The minimum atomic E-state index is 0.347. The zero-order valence-corrected chi connectivity index (χ0v) is 12.9. The molecule has 0 spiro atoms. The molecule has 0 aromatic heterocycles. The van der Waals surface area contributed by atoms with Crippen LogP contribution in [-0.4, -0.2) is 55.6 Å². The second kappa shape index (κ2) is 7.46. The smallest absolute Gasteiger partial charge is 0.0109 e. The Bertz CT molecular complexity index is 216. The van der Waals surface area contributed by atoms with Crippen LogP contribution in [0.5, 0.6) is 0 Å². The third kappa shape index (κ3) is 7.34. The highest BCUT2D eigenvalue weighted by Crippen LogP contribution is 2.21. The molecule has 0 bridgehead atoms. The molecule has 0 aromatic carbocycles. The zero-order chi connectivity index (χ0) is 13.6. The molecule has 1 heterocycles. The molecule has 2 N–H and O–H groups in total. The third-order valence-corrected chi connectivity index (χ3v) is 3.75. The van der Waals surface area contributed by atoms with Crippen molar-refractivity contribution in [3.8, 4) is 0 Å². The summed E-state index contributed by atoms with van der Waals surface area (Å²) in [4.78, 5) is 5.01. The van der Waals surface area contributed by atoms with Crippen molar-refractivity contribution in [3.63, 3.8) is 0 Å². The van der Waals surface area contributed by atoms with E-state index >= 15 is 0 Å². The Balaban J connectivity index is 2.06. The lowest BCUT2D eigenvalue weighted by atomic mass is 9.87. The lowest BCUT2D eigenvalue weighted by molar-refractivity contribution is 0.242. The number of nitrogens with two attached hydrogens (primary N) is 1. The minimum Gasteiger partial charge on any atom is -0.328 e. The fourth-order valence-corrected chi connectivity index (χ4v) is 2.71. The standard InChI is InChI=1S/C15H33N3/c1-15(2,3)13-14(16)7-10-17(4)11-12-18-8-5-6-9-18/h14H,5-13,16H2,1-4H3. The Morgan fingerprint density at radius 1 is 1.17 bits per heavy atom. The normalized spacial score (nSPS) is 19.7. The summed E-state index contributed by atoms with van der Waals surface area (Å²) in [6, 6.07) is 0.347. The van der Waals surface area contributed by atoms with Crippen LogP contribution in [0.15, 0.2) is 0 Å². The first-order valence-corrected chi connectivity index (χ1v) is 7.53. The quantitative estimate of drug-likeness (QED) is 0.757. The first-order valence-electron chi connectivity index (χ1n) is 7.53. The molecule has 0 aromatic rings. The SMILES string of the molecule is CN(CCC(N)CC(C)(C)C)CCN1CCCC1. The molecular formula is C15H33N3. The largest absolute Gasteiger partial charge is 0.328 e. The molecule has 0 amide bonds. The van der Waals surface area contributed by atoms with Crippen molar-refractivity contribution in [2.24, 2.45) is 11.1 Å². The molecule has 3 nitrogen and oxygen atoms in total. The first-order chi connectivity index (χ1) is 8.37. The van der Waals surface area contributed by atoms with Crippen molar-refractivity contribution in [3.05, 3.63) is 0 Å². The summed E-state index contributed by atoms with van der Waals surface area (Å²) < 4.78 is 0. The maximum Gasteiger partial charge on any atom is 0.0109 e. The minimum absolute atomic E-state index is 0.347. The Hall–Kier alpha value is -0.120. The van der Waals surface area contributed by atoms with Crippen LogP contribution in [0.25, 0.3) is 0 Å². The highest BCUT2D eigenvalue weighted by molar-refractivity contribution is 4.73. The molecule has 1 unspecified atom stereocenters. The van der Waals surface area contributed by atoms with Crippen molar-refractivity contribution in [2.75, 3.05) is 39.8 Å². The van der Waals surface area contributed by atoms with E-state index in [0.717, 1.165) is 19.4 Å². The van der Waals surface area contributed by atoms with Gasteiger partial charge in [0.05, 0.1) is 0 Å². The van der Waals surface area contributed by atoms with E-state index in [9.17, 15) is 0 Å². The van der Waals surface area contributed by atoms with Crippen LogP contribution < -0.4 is 5.73 Å². The summed E-state index contributed by atoms with van der Waals surface area (Å²) >= 11 is 0. The first kappa shape index (κ1) is 15.9. The second-order valence-electron chi connectivity index (χ2n) is 7.17. The van der Waals surface area contributed by atoms with Crippen molar-refractivity contribution in [1.82, 2.24) is 9.80 Å². The fraction of sp³-hybridized carbons (Fsp3) is 1.00. The van der Waals surface area contributed by atoms with Gasteiger partial charge in [0.25, 0.3) is 0 Å². The van der Waals surface area contributed by atoms with Crippen LogP contribution in [0, 0.1) is 5.41 Å². The number of rotatable bonds is 7. The molecule has 1 saturated heterocycles. The predicted molar refractivity (Wildman–Crippen MR) is 79.8 cm³/mol. The Kier molecular flexibility index (Phi) is 6.61. The molecular weight excluding hydrogens is 222 g/mol. The van der Waals surface area contributed by atoms with Crippen LogP contribution >= 0.6 is 0 Å². The Morgan fingerprint density at radius 3 is 2.33 bits per heavy atom. The van der Waals surface area contributed by atoms with Gasteiger partial charge >= 0.3 is 0 Å². The van der Waals surface area contributed by atoms with Gasteiger partial charge in [-0.3, -0.25) is 0 Å². The van der Waals surface area contributed by atoms with Crippen molar-refractivity contribution >= 4 is 0 Å². The summed E-state index contributed by atoms with van der Waals surface area (Å²) in [5.74, 6) is 0. The second-order valence-corrected chi connectivity index (χ2v) is 7.17. The van der Waals surface area contributed by atoms with E-state index in [1.807, 2.05) is 0 Å². The molecule has 0 radical (unpaired) electrons. The van der Waals surface area contributed by atoms with Gasteiger partial charge in [-0.05, 0) is 57.8 Å². The molecule has 1 fully saturated rings. The van der Waals surface area contributed by atoms with E-state index in [4.69, 9.17) is 5.73 Å². The van der Waals surface area contributed by atoms with Crippen molar-refractivity contribution in [1.29, 1.82) is 0 Å². The van der Waals surface area contributed by atoms with Gasteiger partial charge < -0.3 is 15.5 Å². The molecule has 1 aliphatic heterocycles. The molecule has 1 rings (SSSR count). The third-order valence-electron chi connectivity index (χ3n) is 3.75. The average Bonchev–Trinajstić information content (AvgIpc) is 2.74. The summed E-state index contributed by atoms with van der Waals surface area (Å²) in [5, 5.41) is 0. The maximum absolute atomic E-state index is 6.19. The summed E-state index contributed by atoms with van der Waals surface area (Å²) in [6.07, 6.45) is 5.01. The Labute approximate surface area is 114 Å². The molecule has 0 aliphatic carbocycles. The van der Waals surface area contributed by atoms with E-state index < -0.39 is 0 Å². The summed E-state index contributed by atoms with van der Waals surface area (Å²) in [7, 11) is 2.22.